The summed E-state index contributed by atoms with van der Waals surface area (Å²) in [5, 5.41) is 9.04. The molecule has 0 unspecified atom stereocenters. The maximum Gasteiger partial charge on any atom is 0.274 e. The minimum atomic E-state index is -0.693. The maximum atomic E-state index is 14.5. The van der Waals surface area contributed by atoms with Crippen LogP contribution in [-0.4, -0.2) is 40.6 Å². The Balaban J connectivity index is 1.89. The molecule has 0 bridgehead atoms. The van der Waals surface area contributed by atoms with Gasteiger partial charge < -0.3 is 9.64 Å². The minimum absolute atomic E-state index is 0.0853. The number of methoxy groups -OCH3 is 1. The first kappa shape index (κ1) is 21.5. The zero-order valence-corrected chi connectivity index (χ0v) is 17.9. The Hall–Kier alpha value is -3.73. The molecule has 3 aromatic rings. The first-order chi connectivity index (χ1) is 15.4. The first-order valence-electron chi connectivity index (χ1n) is 10.4. The van der Waals surface area contributed by atoms with Gasteiger partial charge in [0.1, 0.15) is 23.4 Å². The number of likely N-dealkylation sites (tertiary alicyclic amines) is 1. The molecule has 0 spiro atoms. The van der Waals surface area contributed by atoms with Gasteiger partial charge in [0.2, 0.25) is 0 Å². The van der Waals surface area contributed by atoms with Crippen LogP contribution in [0.15, 0.2) is 36.4 Å². The van der Waals surface area contributed by atoms with E-state index < -0.39 is 11.6 Å². The number of carbonyl (C=O) groups is 1. The van der Waals surface area contributed by atoms with Gasteiger partial charge in [-0.1, -0.05) is 0 Å². The summed E-state index contributed by atoms with van der Waals surface area (Å²) in [5.74, 6) is -1.09. The first-order valence-corrected chi connectivity index (χ1v) is 10.4. The molecule has 8 heteroatoms. The van der Waals surface area contributed by atoms with Crippen LogP contribution in [0, 0.1) is 29.9 Å². The van der Waals surface area contributed by atoms with Gasteiger partial charge in [-0.2, -0.15) is 5.26 Å². The quantitative estimate of drug-likeness (QED) is 0.598. The lowest BCUT2D eigenvalue weighted by Gasteiger charge is -2.26. The molecule has 1 aliphatic rings. The van der Waals surface area contributed by atoms with Crippen molar-refractivity contribution in [2.24, 2.45) is 0 Å². The molecule has 1 amide bonds. The third-order valence-corrected chi connectivity index (χ3v) is 5.69. The highest BCUT2D eigenvalue weighted by atomic mass is 19.1. The van der Waals surface area contributed by atoms with Crippen molar-refractivity contribution < 1.29 is 18.3 Å². The van der Waals surface area contributed by atoms with Gasteiger partial charge in [0, 0.05) is 24.7 Å². The SMILES string of the molecule is COc1ccc(-n2c(-c3ccc(C#N)c(F)c3)nc(C(=O)N3CCCCC3)c2C)cc1F. The number of rotatable bonds is 4. The number of hydrogen-bond acceptors (Lipinski definition) is 4. The fraction of sp³-hybridized carbons (Fsp3) is 0.292. The number of amides is 1. The summed E-state index contributed by atoms with van der Waals surface area (Å²) in [7, 11) is 1.38. The minimum Gasteiger partial charge on any atom is -0.494 e. The Kier molecular flexibility index (Phi) is 5.91. The van der Waals surface area contributed by atoms with Gasteiger partial charge >= 0.3 is 0 Å². The van der Waals surface area contributed by atoms with Crippen LogP contribution in [-0.2, 0) is 0 Å². The van der Waals surface area contributed by atoms with Crippen LogP contribution in [0.25, 0.3) is 17.1 Å². The second-order valence-electron chi connectivity index (χ2n) is 7.68. The third-order valence-electron chi connectivity index (χ3n) is 5.69. The van der Waals surface area contributed by atoms with Gasteiger partial charge in [0.15, 0.2) is 11.6 Å². The van der Waals surface area contributed by atoms with Crippen LogP contribution in [0.2, 0.25) is 0 Å². The van der Waals surface area contributed by atoms with E-state index in [0.717, 1.165) is 19.3 Å². The van der Waals surface area contributed by atoms with E-state index in [1.54, 1.807) is 34.6 Å². The van der Waals surface area contributed by atoms with Crippen molar-refractivity contribution in [3.8, 4) is 28.9 Å². The Morgan fingerprint density at radius 1 is 1.09 bits per heavy atom. The van der Waals surface area contributed by atoms with Crippen LogP contribution < -0.4 is 4.74 Å². The van der Waals surface area contributed by atoms with Crippen molar-refractivity contribution in [2.45, 2.75) is 26.2 Å². The topological polar surface area (TPSA) is 71.1 Å². The molecule has 0 saturated carbocycles. The van der Waals surface area contributed by atoms with Crippen molar-refractivity contribution in [3.63, 3.8) is 0 Å². The number of hydrogen-bond donors (Lipinski definition) is 0. The van der Waals surface area contributed by atoms with E-state index in [1.165, 1.54) is 31.4 Å². The Bertz CT molecular complexity index is 1220. The van der Waals surface area contributed by atoms with Crippen LogP contribution >= 0.6 is 0 Å². The van der Waals surface area contributed by atoms with Crippen LogP contribution in [0.4, 0.5) is 8.78 Å². The zero-order valence-electron chi connectivity index (χ0n) is 17.9. The lowest BCUT2D eigenvalue weighted by atomic mass is 10.1. The van der Waals surface area contributed by atoms with E-state index in [0.29, 0.717) is 30.0 Å². The largest absolute Gasteiger partial charge is 0.494 e. The number of carbonyl (C=O) groups excluding carboxylic acids is 1. The molecule has 32 heavy (non-hydrogen) atoms. The molecule has 1 saturated heterocycles. The molecule has 1 aliphatic heterocycles. The normalized spacial score (nSPS) is 13.7. The number of halogens is 2. The summed E-state index contributed by atoms with van der Waals surface area (Å²) in [6, 6.07) is 10.3. The Labute approximate surface area is 184 Å². The second-order valence-corrected chi connectivity index (χ2v) is 7.68. The van der Waals surface area contributed by atoms with Crippen LogP contribution in [0.3, 0.4) is 0 Å². The molecule has 2 heterocycles. The molecule has 0 atom stereocenters. The van der Waals surface area contributed by atoms with Crippen LogP contribution in [0.5, 0.6) is 5.75 Å². The average molecular weight is 436 g/mol. The van der Waals surface area contributed by atoms with E-state index in [4.69, 9.17) is 10.00 Å². The molecule has 0 radical (unpaired) electrons. The van der Waals surface area contributed by atoms with Crippen molar-refractivity contribution in [2.75, 3.05) is 20.2 Å². The van der Waals surface area contributed by atoms with Crippen molar-refractivity contribution in [3.05, 3.63) is 65.0 Å². The summed E-state index contributed by atoms with van der Waals surface area (Å²) in [4.78, 5) is 19.6. The number of piperidine rings is 1. The summed E-state index contributed by atoms with van der Waals surface area (Å²) >= 11 is 0. The molecule has 0 aliphatic carbocycles. The lowest BCUT2D eigenvalue weighted by molar-refractivity contribution is 0.0718. The van der Waals surface area contributed by atoms with Gasteiger partial charge in [-0.15, -0.1) is 0 Å². The summed E-state index contributed by atoms with van der Waals surface area (Å²) in [6.45, 7) is 3.04. The number of ether oxygens (including phenoxy) is 1. The Morgan fingerprint density at radius 3 is 2.47 bits per heavy atom. The average Bonchev–Trinajstić information content (AvgIpc) is 3.16. The molecular formula is C24H22F2N4O2. The molecule has 2 aromatic carbocycles. The lowest BCUT2D eigenvalue weighted by Crippen LogP contribution is -2.36. The maximum absolute atomic E-state index is 14.5. The van der Waals surface area contributed by atoms with E-state index >= 15 is 0 Å². The second kappa shape index (κ2) is 8.79. The smallest absolute Gasteiger partial charge is 0.274 e. The van der Waals surface area contributed by atoms with Gasteiger partial charge in [-0.3, -0.25) is 9.36 Å². The number of nitrogens with zero attached hydrogens (tertiary/aromatic N) is 4. The molecule has 0 N–H and O–H groups in total. The number of nitriles is 1. The molecule has 164 valence electrons. The molecule has 1 aromatic heterocycles. The molecule has 1 fully saturated rings. The fourth-order valence-corrected chi connectivity index (χ4v) is 4.00. The predicted octanol–water partition coefficient (Wildman–Crippen LogP) is 4.63. The number of benzene rings is 2. The third kappa shape index (κ3) is 3.82. The monoisotopic (exact) mass is 436 g/mol. The van der Waals surface area contributed by atoms with Crippen molar-refractivity contribution in [1.82, 2.24) is 14.5 Å². The molecule has 6 nitrogen and oxygen atoms in total. The molecule has 4 rings (SSSR count). The van der Waals surface area contributed by atoms with E-state index in [2.05, 4.69) is 4.98 Å². The summed E-state index contributed by atoms with van der Waals surface area (Å²) in [5.41, 5.74) is 1.46. The predicted molar refractivity (Wildman–Crippen MR) is 115 cm³/mol. The number of aromatic nitrogens is 2. The van der Waals surface area contributed by atoms with Gasteiger partial charge in [0.05, 0.1) is 24.1 Å². The van der Waals surface area contributed by atoms with E-state index in [1.807, 2.05) is 0 Å². The Morgan fingerprint density at radius 2 is 1.84 bits per heavy atom. The van der Waals surface area contributed by atoms with Crippen LogP contribution in [0.1, 0.15) is 41.0 Å². The summed E-state index contributed by atoms with van der Waals surface area (Å²) in [6.07, 6.45) is 2.95. The van der Waals surface area contributed by atoms with Gasteiger partial charge in [0.25, 0.3) is 5.91 Å². The zero-order chi connectivity index (χ0) is 22.8. The fourth-order valence-electron chi connectivity index (χ4n) is 4.00. The van der Waals surface area contributed by atoms with E-state index in [-0.39, 0.29) is 28.7 Å². The summed E-state index contributed by atoms with van der Waals surface area (Å²) < 4.78 is 35.5. The number of imidazole rings is 1. The highest BCUT2D eigenvalue weighted by Crippen LogP contribution is 2.30. The highest BCUT2D eigenvalue weighted by molar-refractivity contribution is 5.94. The molecular weight excluding hydrogens is 414 g/mol. The van der Waals surface area contributed by atoms with E-state index in [9.17, 15) is 13.6 Å². The van der Waals surface area contributed by atoms with Gasteiger partial charge in [-0.25, -0.2) is 13.8 Å². The highest BCUT2D eigenvalue weighted by Gasteiger charge is 2.27. The van der Waals surface area contributed by atoms with Gasteiger partial charge in [-0.05, 0) is 56.5 Å². The standard InChI is InChI=1S/C24H22F2N4O2/c1-15-22(24(31)29-10-4-3-5-11-29)28-23(16-6-7-17(14-27)19(25)12-16)30(15)18-8-9-21(32-2)20(26)13-18/h6-9,12-13H,3-5,10-11H2,1-2H3. The van der Waals surface area contributed by atoms with Crippen molar-refractivity contribution >= 4 is 5.91 Å². The van der Waals surface area contributed by atoms with Crippen molar-refractivity contribution in [1.29, 1.82) is 5.26 Å².